The Labute approximate surface area is 92.9 Å². The third-order valence-corrected chi connectivity index (χ3v) is 2.51. The van der Waals surface area contributed by atoms with Crippen LogP contribution in [0.5, 0.6) is 0 Å². The van der Waals surface area contributed by atoms with Crippen molar-refractivity contribution in [2.45, 2.75) is 0 Å². The van der Waals surface area contributed by atoms with Gasteiger partial charge in [-0.25, -0.2) is 5.10 Å². The van der Waals surface area contributed by atoms with Crippen LogP contribution in [0, 0.1) is 5.41 Å². The summed E-state index contributed by atoms with van der Waals surface area (Å²) in [5, 5.41) is 13.5. The highest BCUT2D eigenvalue weighted by Gasteiger charge is 2.07. The first kappa shape index (κ1) is 9.52. The second kappa shape index (κ2) is 3.14. The lowest BCUT2D eigenvalue weighted by Gasteiger charge is -2.03. The lowest BCUT2D eigenvalue weighted by Crippen LogP contribution is -2.37. The summed E-state index contributed by atoms with van der Waals surface area (Å²) in [7, 11) is 0. The molecule has 0 unspecified atom stereocenters. The van der Waals surface area contributed by atoms with Crippen LogP contribution < -0.4 is 16.6 Å². The number of nitrogens with one attached hydrogen (secondary N) is 3. The van der Waals surface area contributed by atoms with Crippen molar-refractivity contribution in [3.8, 4) is 0 Å². The first-order valence-corrected chi connectivity index (χ1v) is 4.85. The van der Waals surface area contributed by atoms with Crippen molar-refractivity contribution in [2.24, 2.45) is 0 Å². The highest BCUT2D eigenvalue weighted by Crippen LogP contribution is 2.07. The quantitative estimate of drug-likeness (QED) is 0.445. The van der Waals surface area contributed by atoms with Gasteiger partial charge in [0.1, 0.15) is 0 Å². The SMILES string of the molecule is N=c1c(=O)[nH]nc2c(=O)[nH]c3ccccc3n12. The van der Waals surface area contributed by atoms with Crippen molar-refractivity contribution in [2.75, 3.05) is 0 Å². The van der Waals surface area contributed by atoms with Crippen LogP contribution in [0.25, 0.3) is 16.7 Å². The van der Waals surface area contributed by atoms with Crippen molar-refractivity contribution >= 4 is 16.7 Å². The molecular weight excluding hydrogens is 222 g/mol. The molecule has 3 N–H and O–H groups in total. The van der Waals surface area contributed by atoms with Crippen LogP contribution in [-0.4, -0.2) is 19.6 Å². The van der Waals surface area contributed by atoms with Crippen LogP contribution in [0.3, 0.4) is 0 Å². The van der Waals surface area contributed by atoms with Gasteiger partial charge < -0.3 is 4.98 Å². The maximum atomic E-state index is 11.7. The van der Waals surface area contributed by atoms with Gasteiger partial charge in [0.25, 0.3) is 5.56 Å². The molecule has 0 bridgehead atoms. The topological polar surface area (TPSA) is 107 Å². The number of rotatable bonds is 0. The molecule has 3 aromatic rings. The molecule has 0 radical (unpaired) electrons. The summed E-state index contributed by atoms with van der Waals surface area (Å²) in [6.45, 7) is 0. The van der Waals surface area contributed by atoms with Crippen LogP contribution in [0.2, 0.25) is 0 Å². The number of hydrogen-bond donors (Lipinski definition) is 3. The van der Waals surface area contributed by atoms with Gasteiger partial charge in [-0.1, -0.05) is 12.1 Å². The minimum Gasteiger partial charge on any atom is -0.317 e. The van der Waals surface area contributed by atoms with E-state index < -0.39 is 11.1 Å². The molecule has 3 rings (SSSR count). The average Bonchev–Trinajstić information content (AvgIpc) is 2.33. The van der Waals surface area contributed by atoms with E-state index in [0.717, 1.165) is 0 Å². The summed E-state index contributed by atoms with van der Waals surface area (Å²) in [5.74, 6) is 0. The number of nitrogens with zero attached hydrogens (tertiary/aromatic N) is 2. The van der Waals surface area contributed by atoms with E-state index in [1.807, 2.05) is 0 Å². The standard InChI is InChI=1S/C10H7N5O2/c11-7-9(16)14-13-8-10(17)12-5-3-1-2-4-6(5)15(7)8/h1-4,11H,(H,12,17)(H,14,16). The zero-order valence-corrected chi connectivity index (χ0v) is 8.52. The van der Waals surface area contributed by atoms with Crippen molar-refractivity contribution in [3.05, 3.63) is 50.5 Å². The van der Waals surface area contributed by atoms with E-state index in [1.54, 1.807) is 24.3 Å². The number of aromatic amines is 2. The third kappa shape index (κ3) is 1.22. The molecule has 0 amide bonds. The van der Waals surface area contributed by atoms with Crippen molar-refractivity contribution < 1.29 is 0 Å². The van der Waals surface area contributed by atoms with Crippen LogP contribution >= 0.6 is 0 Å². The summed E-state index contributed by atoms with van der Waals surface area (Å²) < 4.78 is 1.23. The Bertz CT molecular complexity index is 902. The molecule has 0 fully saturated rings. The van der Waals surface area contributed by atoms with E-state index in [2.05, 4.69) is 15.2 Å². The number of aromatic nitrogens is 4. The Kier molecular flexibility index (Phi) is 1.76. The second-order valence-electron chi connectivity index (χ2n) is 3.53. The van der Waals surface area contributed by atoms with Gasteiger partial charge in [-0.3, -0.25) is 19.4 Å². The molecule has 17 heavy (non-hydrogen) atoms. The average molecular weight is 229 g/mol. The van der Waals surface area contributed by atoms with Gasteiger partial charge >= 0.3 is 5.56 Å². The highest BCUT2D eigenvalue weighted by atomic mass is 16.1. The molecule has 0 aliphatic carbocycles. The van der Waals surface area contributed by atoms with Crippen LogP contribution in [0.4, 0.5) is 0 Å². The predicted molar refractivity (Wildman–Crippen MR) is 59.8 cm³/mol. The Morgan fingerprint density at radius 1 is 1.18 bits per heavy atom. The Morgan fingerprint density at radius 3 is 2.76 bits per heavy atom. The molecule has 0 spiro atoms. The minimum absolute atomic E-state index is 0.00620. The van der Waals surface area contributed by atoms with Gasteiger partial charge in [-0.2, -0.15) is 0 Å². The number of para-hydroxylation sites is 2. The predicted octanol–water partition coefficient (Wildman–Crippen LogP) is -0.656. The van der Waals surface area contributed by atoms with Gasteiger partial charge in [-0.05, 0) is 12.1 Å². The molecule has 0 saturated heterocycles. The largest absolute Gasteiger partial charge is 0.317 e. The highest BCUT2D eigenvalue weighted by molar-refractivity contribution is 5.76. The van der Waals surface area contributed by atoms with Crippen molar-refractivity contribution in [1.82, 2.24) is 19.6 Å². The summed E-state index contributed by atoms with van der Waals surface area (Å²) in [6.07, 6.45) is 0. The van der Waals surface area contributed by atoms with Crippen molar-refractivity contribution in [3.63, 3.8) is 0 Å². The van der Waals surface area contributed by atoms with Crippen LogP contribution in [0.1, 0.15) is 0 Å². The lowest BCUT2D eigenvalue weighted by atomic mass is 10.3. The third-order valence-electron chi connectivity index (χ3n) is 2.51. The minimum atomic E-state index is -0.641. The van der Waals surface area contributed by atoms with Gasteiger partial charge in [0.15, 0.2) is 5.49 Å². The van der Waals surface area contributed by atoms with Gasteiger partial charge in [0.05, 0.1) is 11.0 Å². The molecule has 2 aromatic heterocycles. The van der Waals surface area contributed by atoms with Crippen LogP contribution in [-0.2, 0) is 0 Å². The fourth-order valence-corrected chi connectivity index (χ4v) is 1.75. The molecule has 1 aromatic carbocycles. The fourth-order valence-electron chi connectivity index (χ4n) is 1.75. The first-order chi connectivity index (χ1) is 8.18. The first-order valence-electron chi connectivity index (χ1n) is 4.85. The molecular formula is C10H7N5O2. The molecule has 0 saturated carbocycles. The molecule has 0 aliphatic heterocycles. The van der Waals surface area contributed by atoms with Crippen LogP contribution in [0.15, 0.2) is 33.9 Å². The van der Waals surface area contributed by atoms with E-state index in [0.29, 0.717) is 11.0 Å². The van der Waals surface area contributed by atoms with E-state index >= 15 is 0 Å². The second-order valence-corrected chi connectivity index (χ2v) is 3.53. The van der Waals surface area contributed by atoms with Gasteiger partial charge in [0, 0.05) is 0 Å². The smallest absolute Gasteiger partial charge is 0.307 e. The summed E-state index contributed by atoms with van der Waals surface area (Å²) >= 11 is 0. The number of fused-ring (bicyclic) bond motifs is 3. The number of H-pyrrole nitrogens is 2. The monoisotopic (exact) mass is 229 g/mol. The van der Waals surface area contributed by atoms with E-state index in [4.69, 9.17) is 5.41 Å². The maximum absolute atomic E-state index is 11.7. The normalized spacial score (nSPS) is 11.1. The summed E-state index contributed by atoms with van der Waals surface area (Å²) in [5.41, 5.74) is -0.307. The summed E-state index contributed by atoms with van der Waals surface area (Å²) in [4.78, 5) is 25.7. The molecule has 7 heteroatoms. The van der Waals surface area contributed by atoms with E-state index in [9.17, 15) is 9.59 Å². The Balaban J connectivity index is 2.83. The fraction of sp³-hybridized carbons (Fsp3) is 0. The van der Waals surface area contributed by atoms with E-state index in [1.165, 1.54) is 4.40 Å². The zero-order chi connectivity index (χ0) is 12.0. The van der Waals surface area contributed by atoms with E-state index in [-0.39, 0.29) is 11.1 Å². The molecule has 0 aliphatic rings. The van der Waals surface area contributed by atoms with Gasteiger partial charge in [0.2, 0.25) is 5.65 Å². The Morgan fingerprint density at radius 2 is 1.94 bits per heavy atom. The maximum Gasteiger partial charge on any atom is 0.307 e. The lowest BCUT2D eigenvalue weighted by molar-refractivity contribution is 0.860. The number of hydrogen-bond acceptors (Lipinski definition) is 4. The molecule has 0 atom stereocenters. The van der Waals surface area contributed by atoms with Crippen molar-refractivity contribution in [1.29, 1.82) is 5.41 Å². The number of benzene rings is 1. The molecule has 2 heterocycles. The molecule has 84 valence electrons. The van der Waals surface area contributed by atoms with Gasteiger partial charge in [-0.15, -0.1) is 5.10 Å². The zero-order valence-electron chi connectivity index (χ0n) is 8.52. The molecule has 7 nitrogen and oxygen atoms in total. The summed E-state index contributed by atoms with van der Waals surface area (Å²) in [6, 6.07) is 6.92. The Hall–Kier alpha value is -2.70.